The normalized spacial score (nSPS) is 15.8. The maximum absolute atomic E-state index is 11.9. The fraction of sp³-hybridized carbons (Fsp3) is 0.923. The molecule has 0 rings (SSSR count). The van der Waals surface area contributed by atoms with Gasteiger partial charge in [0, 0.05) is 29.0 Å². The Morgan fingerprint density at radius 2 is 1.59 bits per heavy atom. The quantitative estimate of drug-likeness (QED) is 0.707. The molecule has 2 atom stereocenters. The number of amides is 1. The van der Waals surface area contributed by atoms with Crippen LogP contribution in [-0.2, 0) is 4.79 Å². The average molecular weight is 277 g/mol. The summed E-state index contributed by atoms with van der Waals surface area (Å²) in [5.74, 6) is 0.306. The largest absolute Gasteiger partial charge is 0.342 e. The molecule has 2 nitrogen and oxygen atoms in total. The Bertz CT molecular complexity index is 248. The van der Waals surface area contributed by atoms with E-state index in [9.17, 15) is 4.79 Å². The molecular weight excluding hydrogens is 250 g/mol. The molecule has 0 heterocycles. The number of carbonyl (C=O) groups excluding carboxylic acids is 1. The van der Waals surface area contributed by atoms with E-state index in [0.29, 0.717) is 5.25 Å². The molecule has 102 valence electrons. The third-order valence-corrected chi connectivity index (χ3v) is 6.57. The summed E-state index contributed by atoms with van der Waals surface area (Å²) < 4.78 is 0.263. The zero-order valence-electron chi connectivity index (χ0n) is 12.4. The molecule has 0 aliphatic heterocycles. The third-order valence-electron chi connectivity index (χ3n) is 2.58. The minimum Gasteiger partial charge on any atom is -0.342 e. The number of rotatable bonds is 5. The molecular formula is C13H27NOS2. The summed E-state index contributed by atoms with van der Waals surface area (Å²) in [6.07, 6.45) is 0. The highest BCUT2D eigenvalue weighted by molar-refractivity contribution is 8.77. The number of nitrogens with zero attached hydrogens (tertiary/aromatic N) is 1. The smallest absolute Gasteiger partial charge is 0.225 e. The second-order valence-electron chi connectivity index (χ2n) is 5.84. The molecule has 0 aliphatic rings. The van der Waals surface area contributed by atoms with E-state index >= 15 is 0 Å². The second-order valence-corrected chi connectivity index (χ2v) is 9.25. The summed E-state index contributed by atoms with van der Waals surface area (Å²) in [6.45, 7) is 14.9. The molecule has 0 aliphatic carbocycles. The van der Waals surface area contributed by atoms with Crippen LogP contribution in [-0.4, -0.2) is 33.9 Å². The molecule has 2 unspecified atom stereocenters. The molecule has 0 aromatic heterocycles. The van der Waals surface area contributed by atoms with Crippen molar-refractivity contribution in [3.63, 3.8) is 0 Å². The van der Waals surface area contributed by atoms with E-state index in [1.807, 2.05) is 47.4 Å². The minimum absolute atomic E-state index is 0.0786. The molecule has 0 saturated carbocycles. The number of carbonyl (C=O) groups is 1. The molecule has 0 saturated heterocycles. The van der Waals surface area contributed by atoms with Crippen molar-refractivity contribution in [1.82, 2.24) is 4.90 Å². The van der Waals surface area contributed by atoms with Crippen molar-refractivity contribution in [3.8, 4) is 0 Å². The van der Waals surface area contributed by atoms with Crippen LogP contribution in [0.5, 0.6) is 0 Å². The Morgan fingerprint density at radius 3 is 1.94 bits per heavy atom. The topological polar surface area (TPSA) is 20.3 Å². The number of hydrogen-bond acceptors (Lipinski definition) is 3. The summed E-state index contributed by atoms with van der Waals surface area (Å²) in [6, 6.07) is 0.268. The lowest BCUT2D eigenvalue weighted by molar-refractivity contribution is -0.134. The van der Waals surface area contributed by atoms with Gasteiger partial charge in [-0.15, -0.1) is 0 Å². The van der Waals surface area contributed by atoms with Gasteiger partial charge in [-0.05, 0) is 6.92 Å². The van der Waals surface area contributed by atoms with Crippen LogP contribution in [0.1, 0.15) is 48.5 Å². The van der Waals surface area contributed by atoms with Gasteiger partial charge in [-0.25, -0.2) is 0 Å². The van der Waals surface area contributed by atoms with Gasteiger partial charge in [0.05, 0.1) is 0 Å². The van der Waals surface area contributed by atoms with Crippen LogP contribution in [0.2, 0.25) is 0 Å². The first kappa shape index (κ1) is 17.2. The lowest BCUT2D eigenvalue weighted by Crippen LogP contribution is -2.42. The molecule has 4 heteroatoms. The average Bonchev–Trinajstić information content (AvgIpc) is 2.21. The van der Waals surface area contributed by atoms with Gasteiger partial charge in [0.2, 0.25) is 5.91 Å². The van der Waals surface area contributed by atoms with Crippen LogP contribution < -0.4 is 0 Å². The summed E-state index contributed by atoms with van der Waals surface area (Å²) in [5.41, 5.74) is 0. The molecule has 0 aromatic rings. The molecule has 0 N–H and O–H groups in total. The van der Waals surface area contributed by atoms with Crippen LogP contribution >= 0.6 is 21.6 Å². The molecule has 0 radical (unpaired) electrons. The zero-order chi connectivity index (χ0) is 13.8. The van der Waals surface area contributed by atoms with Gasteiger partial charge in [-0.1, -0.05) is 63.1 Å². The van der Waals surface area contributed by atoms with Crippen molar-refractivity contribution in [3.05, 3.63) is 0 Å². The first-order chi connectivity index (χ1) is 7.56. The van der Waals surface area contributed by atoms with E-state index in [-0.39, 0.29) is 22.6 Å². The standard InChI is InChI=1S/C13H27NOS2/c1-9(2)12(15)14(8)10(3)11(4)16-17-13(5,6)7/h9-11H,1-8H3. The van der Waals surface area contributed by atoms with Gasteiger partial charge in [0.25, 0.3) is 0 Å². The van der Waals surface area contributed by atoms with Gasteiger partial charge in [0.1, 0.15) is 0 Å². The van der Waals surface area contributed by atoms with Crippen molar-refractivity contribution >= 4 is 27.5 Å². The van der Waals surface area contributed by atoms with E-state index in [0.717, 1.165) is 0 Å². The predicted octanol–water partition coefficient (Wildman–Crippen LogP) is 4.06. The van der Waals surface area contributed by atoms with Crippen LogP contribution in [0.15, 0.2) is 0 Å². The highest BCUT2D eigenvalue weighted by Crippen LogP contribution is 2.39. The monoisotopic (exact) mass is 277 g/mol. The molecule has 0 spiro atoms. The zero-order valence-corrected chi connectivity index (χ0v) is 14.0. The van der Waals surface area contributed by atoms with Crippen LogP contribution in [0.25, 0.3) is 0 Å². The Hall–Kier alpha value is 0.170. The van der Waals surface area contributed by atoms with E-state index in [4.69, 9.17) is 0 Å². The van der Waals surface area contributed by atoms with Crippen LogP contribution in [0.4, 0.5) is 0 Å². The Balaban J connectivity index is 4.30. The van der Waals surface area contributed by atoms with Gasteiger partial charge in [-0.3, -0.25) is 4.79 Å². The molecule has 0 aromatic carbocycles. The maximum atomic E-state index is 11.9. The summed E-state index contributed by atoms with van der Waals surface area (Å²) >= 11 is 0. The van der Waals surface area contributed by atoms with Crippen molar-refractivity contribution in [2.45, 2.75) is 64.5 Å². The van der Waals surface area contributed by atoms with Crippen LogP contribution in [0.3, 0.4) is 0 Å². The fourth-order valence-corrected chi connectivity index (χ4v) is 3.81. The van der Waals surface area contributed by atoms with E-state index in [1.54, 1.807) is 0 Å². The summed E-state index contributed by atoms with van der Waals surface area (Å²) in [5, 5.41) is 0.437. The van der Waals surface area contributed by atoms with Crippen molar-refractivity contribution in [2.24, 2.45) is 5.92 Å². The van der Waals surface area contributed by atoms with Gasteiger partial charge >= 0.3 is 0 Å². The Morgan fingerprint density at radius 1 is 1.12 bits per heavy atom. The van der Waals surface area contributed by atoms with Crippen molar-refractivity contribution in [2.75, 3.05) is 7.05 Å². The van der Waals surface area contributed by atoms with E-state index in [2.05, 4.69) is 34.6 Å². The molecule has 0 fully saturated rings. The minimum atomic E-state index is 0.0786. The lowest BCUT2D eigenvalue weighted by Gasteiger charge is -2.31. The SMILES string of the molecule is CC(C)C(=O)N(C)C(C)C(C)SSC(C)(C)C. The second kappa shape index (κ2) is 6.93. The van der Waals surface area contributed by atoms with Crippen LogP contribution in [0, 0.1) is 5.92 Å². The molecule has 0 bridgehead atoms. The summed E-state index contributed by atoms with van der Waals surface area (Å²) in [7, 11) is 5.67. The van der Waals surface area contributed by atoms with E-state index in [1.165, 1.54) is 0 Å². The molecule has 17 heavy (non-hydrogen) atoms. The lowest BCUT2D eigenvalue weighted by atomic mass is 10.1. The highest BCUT2D eigenvalue weighted by Gasteiger charge is 2.25. The van der Waals surface area contributed by atoms with Gasteiger partial charge in [0.15, 0.2) is 0 Å². The Kier molecular flexibility index (Phi) is 7.00. The predicted molar refractivity (Wildman–Crippen MR) is 81.5 cm³/mol. The van der Waals surface area contributed by atoms with Crippen molar-refractivity contribution < 1.29 is 4.79 Å². The van der Waals surface area contributed by atoms with E-state index < -0.39 is 0 Å². The van der Waals surface area contributed by atoms with Gasteiger partial charge in [-0.2, -0.15) is 0 Å². The third kappa shape index (κ3) is 6.61. The van der Waals surface area contributed by atoms with Crippen molar-refractivity contribution in [1.29, 1.82) is 0 Å². The highest BCUT2D eigenvalue weighted by atomic mass is 33.1. The summed E-state index contributed by atoms with van der Waals surface area (Å²) in [4.78, 5) is 13.8. The fourth-order valence-electron chi connectivity index (χ4n) is 1.22. The maximum Gasteiger partial charge on any atom is 0.225 e. The Labute approximate surface area is 115 Å². The molecule has 1 amide bonds. The van der Waals surface area contributed by atoms with Gasteiger partial charge < -0.3 is 4.90 Å². The number of hydrogen-bond donors (Lipinski definition) is 0. The first-order valence-corrected chi connectivity index (χ1v) is 8.38. The first-order valence-electron chi connectivity index (χ1n) is 6.17.